The second-order valence-corrected chi connectivity index (χ2v) is 4.90. The fourth-order valence-corrected chi connectivity index (χ4v) is 2.77. The first kappa shape index (κ1) is 10.8. The van der Waals surface area contributed by atoms with E-state index in [1.54, 1.807) is 0 Å². The molecule has 1 aliphatic heterocycles. The van der Waals surface area contributed by atoms with Crippen molar-refractivity contribution in [1.82, 2.24) is 14.5 Å². The molecule has 4 rings (SSSR count). The van der Waals surface area contributed by atoms with E-state index in [0.29, 0.717) is 5.82 Å². The molecule has 0 spiro atoms. The van der Waals surface area contributed by atoms with Crippen molar-refractivity contribution in [3.05, 3.63) is 18.6 Å². The average Bonchev–Trinajstić information content (AvgIpc) is 2.92. The van der Waals surface area contributed by atoms with Crippen molar-refractivity contribution in [1.29, 1.82) is 0 Å². The second kappa shape index (κ2) is 3.47. The molecule has 0 unspecified atom stereocenters. The van der Waals surface area contributed by atoms with Gasteiger partial charge in [0.05, 0.1) is 17.9 Å². The van der Waals surface area contributed by atoms with E-state index >= 15 is 0 Å². The Hall–Kier alpha value is -2.10. The Morgan fingerprint density at radius 2 is 2.47 bits per heavy atom. The summed E-state index contributed by atoms with van der Waals surface area (Å²) < 4.78 is 7.85. The van der Waals surface area contributed by atoms with Crippen LogP contribution in [0.4, 0.5) is 5.82 Å². The van der Waals surface area contributed by atoms with Gasteiger partial charge in [0, 0.05) is 12.6 Å². The van der Waals surface area contributed by atoms with E-state index in [1.807, 2.05) is 16.8 Å². The lowest BCUT2D eigenvalue weighted by Gasteiger charge is -2.29. The molecule has 3 atom stereocenters. The zero-order valence-electron chi connectivity index (χ0n) is 10.1. The van der Waals surface area contributed by atoms with Crippen LogP contribution < -0.4 is 5.73 Å². The number of aliphatic hydroxyl groups excluding tert-OH is 1. The first-order valence-corrected chi connectivity index (χ1v) is 6.12. The van der Waals surface area contributed by atoms with E-state index in [9.17, 15) is 5.11 Å². The summed E-state index contributed by atoms with van der Waals surface area (Å²) in [7, 11) is 0. The molecule has 6 nitrogen and oxygen atoms in total. The van der Waals surface area contributed by atoms with Crippen LogP contribution in [0.1, 0.15) is 12.6 Å². The van der Waals surface area contributed by atoms with Gasteiger partial charge in [0.25, 0.3) is 0 Å². The number of nitrogens with zero attached hydrogens (tertiary/aromatic N) is 3. The molecule has 0 saturated carbocycles. The quantitative estimate of drug-likeness (QED) is 0.754. The van der Waals surface area contributed by atoms with E-state index in [4.69, 9.17) is 10.5 Å². The summed E-state index contributed by atoms with van der Waals surface area (Å²) in [5, 5.41) is 10.2. The molecule has 0 radical (unpaired) electrons. The molecule has 1 fully saturated rings. The van der Waals surface area contributed by atoms with E-state index in [-0.39, 0.29) is 18.8 Å². The first-order chi connectivity index (χ1) is 9.23. The smallest absolute Gasteiger partial charge is 0.167 e. The SMILES string of the molecule is Nc1ncnc2c1ccn2[C@H]1C[C@@H]2C#C[C@]2(CO)O1. The van der Waals surface area contributed by atoms with Crippen LogP contribution in [0, 0.1) is 17.8 Å². The molecule has 19 heavy (non-hydrogen) atoms. The Labute approximate surface area is 109 Å². The van der Waals surface area contributed by atoms with Crippen LogP contribution in [0.2, 0.25) is 0 Å². The minimum Gasteiger partial charge on any atom is -0.392 e. The van der Waals surface area contributed by atoms with Crippen LogP contribution in [0.25, 0.3) is 11.0 Å². The maximum atomic E-state index is 9.44. The van der Waals surface area contributed by atoms with E-state index in [2.05, 4.69) is 21.8 Å². The van der Waals surface area contributed by atoms with E-state index in [0.717, 1.165) is 17.5 Å². The molecular formula is C13H12N4O2. The summed E-state index contributed by atoms with van der Waals surface area (Å²) in [4.78, 5) is 8.22. The van der Waals surface area contributed by atoms with Gasteiger partial charge in [-0.25, -0.2) is 9.97 Å². The third-order valence-corrected chi connectivity index (χ3v) is 3.89. The number of rotatable bonds is 2. The van der Waals surface area contributed by atoms with Crippen LogP contribution in [0.15, 0.2) is 18.6 Å². The van der Waals surface area contributed by atoms with Gasteiger partial charge < -0.3 is 20.1 Å². The van der Waals surface area contributed by atoms with Crippen LogP contribution >= 0.6 is 0 Å². The van der Waals surface area contributed by atoms with Crippen LogP contribution in [-0.2, 0) is 4.74 Å². The highest BCUT2D eigenvalue weighted by molar-refractivity contribution is 5.86. The molecule has 2 aromatic rings. The number of fused-ring (bicyclic) bond motifs is 2. The topological polar surface area (TPSA) is 86.2 Å². The Balaban J connectivity index is 1.75. The number of anilines is 1. The van der Waals surface area contributed by atoms with E-state index < -0.39 is 5.60 Å². The summed E-state index contributed by atoms with van der Waals surface area (Å²) in [5.41, 5.74) is 5.88. The number of aliphatic hydroxyl groups is 1. The zero-order chi connectivity index (χ0) is 13.0. The van der Waals surface area contributed by atoms with Crippen LogP contribution in [0.3, 0.4) is 0 Å². The fourth-order valence-electron chi connectivity index (χ4n) is 2.77. The summed E-state index contributed by atoms with van der Waals surface area (Å²) in [6.45, 7) is -0.0719. The third kappa shape index (κ3) is 1.28. The van der Waals surface area contributed by atoms with Crippen molar-refractivity contribution >= 4 is 16.9 Å². The van der Waals surface area contributed by atoms with Gasteiger partial charge in [-0.3, -0.25) is 0 Å². The maximum Gasteiger partial charge on any atom is 0.167 e. The molecule has 0 bridgehead atoms. The standard InChI is InChI=1S/C13H12N4O2/c14-11-9-2-4-17(12(9)16-7-15-11)10-5-8-1-3-13(8,6-18)19-10/h2,4,7-8,10,18H,5-6H2,(H2,14,15,16)/t8-,10+,13+/m0/s1. The normalized spacial score (nSPS) is 31.6. The van der Waals surface area contributed by atoms with E-state index in [1.165, 1.54) is 6.33 Å². The molecule has 3 N–H and O–H groups in total. The molecule has 96 valence electrons. The second-order valence-electron chi connectivity index (χ2n) is 4.90. The molecule has 1 saturated heterocycles. The number of aromatic nitrogens is 3. The molecule has 0 aromatic carbocycles. The van der Waals surface area contributed by atoms with Gasteiger partial charge in [-0.1, -0.05) is 11.8 Å². The minimum atomic E-state index is -0.681. The van der Waals surface area contributed by atoms with Crippen molar-refractivity contribution in [2.75, 3.05) is 12.3 Å². The average molecular weight is 256 g/mol. The van der Waals surface area contributed by atoms with Gasteiger partial charge in [-0.2, -0.15) is 0 Å². The molecule has 1 aliphatic carbocycles. The minimum absolute atomic E-state index is 0.0719. The van der Waals surface area contributed by atoms with Crippen molar-refractivity contribution in [3.63, 3.8) is 0 Å². The van der Waals surface area contributed by atoms with Gasteiger partial charge in [-0.05, 0) is 6.07 Å². The lowest BCUT2D eigenvalue weighted by Crippen LogP contribution is -2.42. The van der Waals surface area contributed by atoms with Gasteiger partial charge in [0.1, 0.15) is 24.0 Å². The molecule has 2 aliphatic rings. The van der Waals surface area contributed by atoms with Gasteiger partial charge in [0.2, 0.25) is 0 Å². The highest BCUT2D eigenvalue weighted by Gasteiger charge is 2.51. The summed E-state index contributed by atoms with van der Waals surface area (Å²) >= 11 is 0. The molecule has 3 heterocycles. The predicted octanol–water partition coefficient (Wildman–Crippen LogP) is 0.297. The van der Waals surface area contributed by atoms with Crippen molar-refractivity contribution in [2.45, 2.75) is 18.2 Å². The highest BCUT2D eigenvalue weighted by Crippen LogP contribution is 2.45. The number of ether oxygens (including phenoxy) is 1. The third-order valence-electron chi connectivity index (χ3n) is 3.89. The van der Waals surface area contributed by atoms with Gasteiger partial charge >= 0.3 is 0 Å². The first-order valence-electron chi connectivity index (χ1n) is 6.12. The Morgan fingerprint density at radius 3 is 3.16 bits per heavy atom. The Kier molecular flexibility index (Phi) is 1.97. The Bertz CT molecular complexity index is 729. The summed E-state index contributed by atoms with van der Waals surface area (Å²) in [5.74, 6) is 6.53. The van der Waals surface area contributed by atoms with Gasteiger partial charge in [-0.15, -0.1) is 0 Å². The summed E-state index contributed by atoms with van der Waals surface area (Å²) in [6.07, 6.45) is 3.89. The lowest BCUT2D eigenvalue weighted by atomic mass is 9.81. The fraction of sp³-hybridized carbons (Fsp3) is 0.385. The number of hydrogen-bond donors (Lipinski definition) is 2. The number of nitrogens with two attached hydrogens (primary N) is 1. The van der Waals surface area contributed by atoms with Crippen molar-refractivity contribution in [3.8, 4) is 11.8 Å². The molecule has 6 heteroatoms. The van der Waals surface area contributed by atoms with Crippen molar-refractivity contribution in [2.24, 2.45) is 5.92 Å². The number of hydrogen-bond acceptors (Lipinski definition) is 5. The number of nitrogen functional groups attached to an aromatic ring is 1. The predicted molar refractivity (Wildman–Crippen MR) is 67.8 cm³/mol. The largest absolute Gasteiger partial charge is 0.392 e. The van der Waals surface area contributed by atoms with Crippen LogP contribution in [-0.4, -0.2) is 31.8 Å². The van der Waals surface area contributed by atoms with Crippen molar-refractivity contribution < 1.29 is 9.84 Å². The monoisotopic (exact) mass is 256 g/mol. The summed E-state index contributed by atoms with van der Waals surface area (Å²) in [6, 6.07) is 1.88. The molecule has 2 aromatic heterocycles. The molecule has 0 amide bonds. The maximum absolute atomic E-state index is 9.44. The zero-order valence-corrected chi connectivity index (χ0v) is 10.1. The highest BCUT2D eigenvalue weighted by atomic mass is 16.5. The molecular weight excluding hydrogens is 244 g/mol. The van der Waals surface area contributed by atoms with Crippen LogP contribution in [0.5, 0.6) is 0 Å². The van der Waals surface area contributed by atoms with Gasteiger partial charge in [0.15, 0.2) is 5.60 Å². The Morgan fingerprint density at radius 1 is 1.58 bits per heavy atom. The lowest BCUT2D eigenvalue weighted by molar-refractivity contribution is -0.0732.